The van der Waals surface area contributed by atoms with Crippen LogP contribution in [0.25, 0.3) is 0 Å². The van der Waals surface area contributed by atoms with Gasteiger partial charge in [0.1, 0.15) is 11.1 Å². The maximum atomic E-state index is 13.7. The normalized spacial score (nSPS) is 12.1. The number of benzene rings is 2. The van der Waals surface area contributed by atoms with E-state index in [1.165, 1.54) is 23.1 Å². The number of Topliss-reactive ketones (excluding diaryl/α,β-unsaturated/α-hetero) is 1. The number of nitrogens with zero attached hydrogens (tertiary/aromatic N) is 3. The van der Waals surface area contributed by atoms with Gasteiger partial charge < -0.3 is 9.47 Å². The number of nitrogens with one attached hydrogen (secondary N) is 1. The first-order valence-electron chi connectivity index (χ1n) is 11.9. The zero-order chi connectivity index (χ0) is 27.8. The summed E-state index contributed by atoms with van der Waals surface area (Å²) in [6.45, 7) is 5.24. The van der Waals surface area contributed by atoms with Gasteiger partial charge in [-0.3, -0.25) is 14.9 Å². The summed E-state index contributed by atoms with van der Waals surface area (Å²) in [7, 11) is 0. The lowest BCUT2D eigenvalue weighted by Gasteiger charge is -2.21. The van der Waals surface area contributed by atoms with Gasteiger partial charge in [-0.15, -0.1) is 21.5 Å². The van der Waals surface area contributed by atoms with Crippen molar-refractivity contribution in [3.63, 3.8) is 0 Å². The summed E-state index contributed by atoms with van der Waals surface area (Å²) in [5, 5.41) is 12.0. The SMILES string of the molecule is CC(C)(C)OC(=O)Nc1nc(C(C(=O)CSc2nncs2)C(=O)OC(c2ccccc2)c2ccccc2)cs1. The fourth-order valence-corrected chi connectivity index (χ4v) is 5.61. The summed E-state index contributed by atoms with van der Waals surface area (Å²) < 4.78 is 11.9. The summed E-state index contributed by atoms with van der Waals surface area (Å²) in [6, 6.07) is 18.6. The molecule has 1 unspecified atom stereocenters. The van der Waals surface area contributed by atoms with Crippen molar-refractivity contribution in [1.82, 2.24) is 15.2 Å². The molecule has 1 amide bonds. The number of carbonyl (C=O) groups excluding carboxylic acids is 3. The Morgan fingerprint density at radius 2 is 1.62 bits per heavy atom. The predicted molar refractivity (Wildman–Crippen MR) is 151 cm³/mol. The number of ketones is 1. The first-order chi connectivity index (χ1) is 18.7. The molecule has 12 heteroatoms. The van der Waals surface area contributed by atoms with E-state index in [0.29, 0.717) is 4.34 Å². The highest BCUT2D eigenvalue weighted by atomic mass is 32.2. The van der Waals surface area contributed by atoms with Crippen LogP contribution in [0.5, 0.6) is 0 Å². The molecule has 0 saturated carbocycles. The molecule has 9 nitrogen and oxygen atoms in total. The predicted octanol–water partition coefficient (Wildman–Crippen LogP) is 6.12. The quantitative estimate of drug-likeness (QED) is 0.134. The van der Waals surface area contributed by atoms with Crippen molar-refractivity contribution < 1.29 is 23.9 Å². The number of hydrogen-bond donors (Lipinski definition) is 1. The van der Waals surface area contributed by atoms with Crippen LogP contribution in [0.2, 0.25) is 0 Å². The summed E-state index contributed by atoms with van der Waals surface area (Å²) >= 11 is 3.57. The number of carbonyl (C=O) groups is 3. The molecule has 2 heterocycles. The maximum absolute atomic E-state index is 13.7. The van der Waals surface area contributed by atoms with Gasteiger partial charge in [0.15, 0.2) is 27.3 Å². The summed E-state index contributed by atoms with van der Waals surface area (Å²) in [6.07, 6.45) is -1.42. The Morgan fingerprint density at radius 1 is 0.974 bits per heavy atom. The largest absolute Gasteiger partial charge is 0.452 e. The lowest BCUT2D eigenvalue weighted by Crippen LogP contribution is -2.28. The van der Waals surface area contributed by atoms with Gasteiger partial charge in [0.05, 0.1) is 11.4 Å². The lowest BCUT2D eigenvalue weighted by molar-refractivity contribution is -0.151. The second-order valence-corrected chi connectivity index (χ2v) is 12.1. The van der Waals surface area contributed by atoms with Crippen LogP contribution < -0.4 is 5.32 Å². The summed E-state index contributed by atoms with van der Waals surface area (Å²) in [5.74, 6) is -2.51. The fraction of sp³-hybridized carbons (Fsp3) is 0.259. The Labute approximate surface area is 238 Å². The van der Waals surface area contributed by atoms with E-state index in [1.807, 2.05) is 60.7 Å². The number of aromatic nitrogens is 3. The molecule has 4 rings (SSSR count). The fourth-order valence-electron chi connectivity index (χ4n) is 3.49. The third kappa shape index (κ3) is 8.19. The van der Waals surface area contributed by atoms with E-state index in [4.69, 9.17) is 9.47 Å². The first-order valence-corrected chi connectivity index (χ1v) is 14.6. The van der Waals surface area contributed by atoms with Crippen molar-refractivity contribution in [3.8, 4) is 0 Å². The molecule has 0 aliphatic carbocycles. The number of esters is 1. The van der Waals surface area contributed by atoms with Crippen LogP contribution in [0.3, 0.4) is 0 Å². The number of rotatable bonds is 10. The van der Waals surface area contributed by atoms with Crippen molar-refractivity contribution in [2.75, 3.05) is 11.1 Å². The molecule has 0 radical (unpaired) electrons. The Balaban J connectivity index is 1.60. The zero-order valence-corrected chi connectivity index (χ0v) is 23.8. The van der Waals surface area contributed by atoms with Gasteiger partial charge in [-0.05, 0) is 31.9 Å². The number of thioether (sulfide) groups is 1. The van der Waals surface area contributed by atoms with Gasteiger partial charge in [-0.2, -0.15) is 0 Å². The van der Waals surface area contributed by atoms with E-state index in [0.717, 1.165) is 22.5 Å². The molecule has 0 aliphatic heterocycles. The van der Waals surface area contributed by atoms with Crippen LogP contribution in [0.15, 0.2) is 75.9 Å². The minimum absolute atomic E-state index is 0.0390. The molecule has 2 aromatic heterocycles. The van der Waals surface area contributed by atoms with Crippen LogP contribution in [0.4, 0.5) is 9.93 Å². The molecule has 1 atom stereocenters. The highest BCUT2D eigenvalue weighted by Gasteiger charge is 2.35. The van der Waals surface area contributed by atoms with E-state index in [9.17, 15) is 14.4 Å². The van der Waals surface area contributed by atoms with Gasteiger partial charge >= 0.3 is 12.1 Å². The number of thiazole rings is 1. The number of hydrogen-bond acceptors (Lipinski definition) is 11. The van der Waals surface area contributed by atoms with Crippen molar-refractivity contribution in [1.29, 1.82) is 0 Å². The Kier molecular flexibility index (Phi) is 9.44. The van der Waals surface area contributed by atoms with Crippen LogP contribution in [0, 0.1) is 0 Å². The van der Waals surface area contributed by atoms with Gasteiger partial charge in [0.2, 0.25) is 0 Å². The Hall–Kier alpha value is -3.61. The molecule has 0 saturated heterocycles. The lowest BCUT2D eigenvalue weighted by atomic mass is 9.99. The van der Waals surface area contributed by atoms with E-state index < -0.39 is 35.5 Å². The number of anilines is 1. The maximum Gasteiger partial charge on any atom is 0.413 e. The highest BCUT2D eigenvalue weighted by molar-refractivity contribution is 8.01. The topological polar surface area (TPSA) is 120 Å². The van der Waals surface area contributed by atoms with Crippen molar-refractivity contribution in [3.05, 3.63) is 88.4 Å². The molecule has 202 valence electrons. The average Bonchev–Trinajstić information content (AvgIpc) is 3.58. The van der Waals surface area contributed by atoms with Crippen molar-refractivity contribution in [2.24, 2.45) is 0 Å². The Morgan fingerprint density at radius 3 is 2.18 bits per heavy atom. The molecule has 1 N–H and O–H groups in total. The summed E-state index contributed by atoms with van der Waals surface area (Å²) in [5.41, 5.74) is 2.57. The zero-order valence-electron chi connectivity index (χ0n) is 21.4. The van der Waals surface area contributed by atoms with Crippen LogP contribution in [-0.4, -0.2) is 44.4 Å². The molecule has 0 aliphatic rings. The number of ether oxygens (including phenoxy) is 2. The molecule has 0 spiro atoms. The third-order valence-electron chi connectivity index (χ3n) is 5.10. The summed E-state index contributed by atoms with van der Waals surface area (Å²) in [4.78, 5) is 43.7. The van der Waals surface area contributed by atoms with Crippen LogP contribution in [0.1, 0.15) is 49.6 Å². The minimum atomic E-state index is -1.31. The highest BCUT2D eigenvalue weighted by Crippen LogP contribution is 2.32. The van der Waals surface area contributed by atoms with Gasteiger partial charge in [0.25, 0.3) is 0 Å². The molecule has 2 aromatic carbocycles. The van der Waals surface area contributed by atoms with E-state index in [-0.39, 0.29) is 16.6 Å². The second-order valence-electron chi connectivity index (χ2n) is 9.24. The molecular weight excluding hydrogens is 557 g/mol. The van der Waals surface area contributed by atoms with Gasteiger partial charge in [-0.25, -0.2) is 9.78 Å². The van der Waals surface area contributed by atoms with Crippen molar-refractivity contribution >= 4 is 57.4 Å². The van der Waals surface area contributed by atoms with Gasteiger partial charge in [0, 0.05) is 5.38 Å². The molecule has 0 bridgehead atoms. The minimum Gasteiger partial charge on any atom is -0.452 e. The van der Waals surface area contributed by atoms with Crippen molar-refractivity contribution in [2.45, 2.75) is 42.7 Å². The second kappa shape index (κ2) is 13.0. The average molecular weight is 583 g/mol. The Bertz CT molecular complexity index is 1350. The first kappa shape index (κ1) is 28.4. The smallest absolute Gasteiger partial charge is 0.413 e. The standard InChI is InChI=1S/C27H26N4O5S3/c1-27(2,3)36-25(34)30-24-29-19(14-37-24)21(20(32)15-38-26-31-28-16-39-26)23(33)35-22(17-10-6-4-7-11-17)18-12-8-5-9-13-18/h4-14,16,21-22H,15H2,1-3H3,(H,29,30,34). The third-order valence-corrected chi connectivity index (χ3v) is 7.76. The number of amides is 1. The molecule has 4 aromatic rings. The molecular formula is C27H26N4O5S3. The van der Waals surface area contributed by atoms with Crippen LogP contribution in [-0.2, 0) is 19.1 Å². The van der Waals surface area contributed by atoms with E-state index in [2.05, 4.69) is 20.5 Å². The van der Waals surface area contributed by atoms with E-state index in [1.54, 1.807) is 31.7 Å². The van der Waals surface area contributed by atoms with Crippen LogP contribution >= 0.6 is 34.4 Å². The molecule has 39 heavy (non-hydrogen) atoms. The van der Waals surface area contributed by atoms with E-state index >= 15 is 0 Å². The van der Waals surface area contributed by atoms with Gasteiger partial charge in [-0.1, -0.05) is 83.8 Å². The molecule has 0 fully saturated rings. The monoisotopic (exact) mass is 582 g/mol.